The molecule has 3 N–H and O–H groups in total. The Morgan fingerprint density at radius 3 is 2.49 bits per heavy atom. The number of aromatic nitrogens is 1. The molecule has 11 nitrogen and oxygen atoms in total. The maximum Gasteiger partial charge on any atom is 0.243 e. The molecular formula is C30H37N3O8S2. The quantitative estimate of drug-likeness (QED) is 0.270. The van der Waals surface area contributed by atoms with Gasteiger partial charge < -0.3 is 25.0 Å². The van der Waals surface area contributed by atoms with Crippen LogP contribution in [0.15, 0.2) is 82.7 Å². The maximum absolute atomic E-state index is 13.3. The van der Waals surface area contributed by atoms with E-state index < -0.39 is 38.2 Å². The molecule has 0 radical (unpaired) electrons. The van der Waals surface area contributed by atoms with Gasteiger partial charge in [-0.25, -0.2) is 16.8 Å². The van der Waals surface area contributed by atoms with Gasteiger partial charge in [-0.05, 0) is 61.7 Å². The second kappa shape index (κ2) is 13.4. The fraction of sp³-hybridized carbons (Fsp3) is 0.433. The van der Waals surface area contributed by atoms with Gasteiger partial charge in [0.2, 0.25) is 10.0 Å². The van der Waals surface area contributed by atoms with Crippen molar-refractivity contribution in [3.8, 4) is 17.0 Å². The summed E-state index contributed by atoms with van der Waals surface area (Å²) in [5.41, 5.74) is 1.23. The van der Waals surface area contributed by atoms with Crippen molar-refractivity contribution in [3.05, 3.63) is 72.9 Å². The van der Waals surface area contributed by atoms with Crippen molar-refractivity contribution in [2.75, 3.05) is 45.2 Å². The molecular weight excluding hydrogens is 594 g/mol. The molecule has 0 amide bonds. The molecule has 232 valence electrons. The Balaban J connectivity index is 1.07. The van der Waals surface area contributed by atoms with E-state index in [9.17, 15) is 21.9 Å². The highest BCUT2D eigenvalue weighted by Gasteiger charge is 2.44. The largest absolute Gasteiger partial charge is 0.491 e. The summed E-state index contributed by atoms with van der Waals surface area (Å²) in [7, 11) is -7.24. The molecule has 3 aromatic rings. The number of benzene rings is 2. The lowest BCUT2D eigenvalue weighted by molar-refractivity contribution is -0.0312. The fourth-order valence-electron chi connectivity index (χ4n) is 5.49. The van der Waals surface area contributed by atoms with Crippen LogP contribution in [0.25, 0.3) is 11.3 Å². The SMILES string of the molecule is O=S(=O)(CCO)c1cccc(OC[C@@H](O)CN[C@H]2COC3(CCN(S(=O)(=O)c4ccc(-c5ccccn5)cc4)CC3)C2)c1. The molecule has 0 saturated carbocycles. The van der Waals surface area contributed by atoms with E-state index in [2.05, 4.69) is 10.3 Å². The molecule has 2 atom stereocenters. The summed E-state index contributed by atoms with van der Waals surface area (Å²) in [4.78, 5) is 4.62. The van der Waals surface area contributed by atoms with Crippen molar-refractivity contribution in [1.82, 2.24) is 14.6 Å². The summed E-state index contributed by atoms with van der Waals surface area (Å²) in [6, 6.07) is 18.4. The number of ether oxygens (including phenoxy) is 2. The molecule has 13 heteroatoms. The van der Waals surface area contributed by atoms with Gasteiger partial charge in [0.1, 0.15) is 18.5 Å². The molecule has 0 bridgehead atoms. The second-order valence-corrected chi connectivity index (χ2v) is 15.0. The summed E-state index contributed by atoms with van der Waals surface area (Å²) in [5, 5.41) is 22.7. The topological polar surface area (TPSA) is 155 Å². The number of rotatable bonds is 12. The van der Waals surface area contributed by atoms with Crippen LogP contribution in [0, 0.1) is 0 Å². The van der Waals surface area contributed by atoms with Gasteiger partial charge in [0.05, 0.1) is 40.1 Å². The maximum atomic E-state index is 13.3. The number of nitrogens with zero attached hydrogens (tertiary/aromatic N) is 2. The molecule has 43 heavy (non-hydrogen) atoms. The number of aliphatic hydroxyl groups is 2. The second-order valence-electron chi connectivity index (χ2n) is 10.9. The number of nitrogens with one attached hydrogen (secondary N) is 1. The van der Waals surface area contributed by atoms with Crippen LogP contribution in [-0.4, -0.2) is 99.3 Å². The molecule has 2 fully saturated rings. The predicted molar refractivity (Wildman–Crippen MR) is 160 cm³/mol. The molecule has 1 spiro atoms. The van der Waals surface area contributed by atoms with E-state index >= 15 is 0 Å². The Morgan fingerprint density at radius 1 is 1.02 bits per heavy atom. The van der Waals surface area contributed by atoms with Crippen LogP contribution in [0.1, 0.15) is 19.3 Å². The zero-order valence-electron chi connectivity index (χ0n) is 23.7. The number of aliphatic hydroxyl groups excluding tert-OH is 2. The number of hydrogen-bond acceptors (Lipinski definition) is 10. The lowest BCUT2D eigenvalue weighted by atomic mass is 9.88. The first-order valence-corrected chi connectivity index (χ1v) is 17.3. The molecule has 2 saturated heterocycles. The highest BCUT2D eigenvalue weighted by Crippen LogP contribution is 2.37. The van der Waals surface area contributed by atoms with Crippen molar-refractivity contribution in [2.24, 2.45) is 0 Å². The third-order valence-corrected chi connectivity index (χ3v) is 11.5. The summed E-state index contributed by atoms with van der Waals surface area (Å²) >= 11 is 0. The van der Waals surface area contributed by atoms with E-state index in [0.717, 1.165) is 11.3 Å². The number of hydrogen-bond donors (Lipinski definition) is 3. The van der Waals surface area contributed by atoms with Gasteiger partial charge in [0, 0.05) is 37.4 Å². The number of pyridine rings is 1. The number of piperidine rings is 1. The van der Waals surface area contributed by atoms with Crippen molar-refractivity contribution in [1.29, 1.82) is 0 Å². The molecule has 1 aromatic heterocycles. The molecule has 2 aliphatic heterocycles. The third-order valence-electron chi connectivity index (χ3n) is 7.90. The Morgan fingerprint density at radius 2 is 1.79 bits per heavy atom. The highest BCUT2D eigenvalue weighted by molar-refractivity contribution is 7.91. The van der Waals surface area contributed by atoms with Gasteiger partial charge in [0.15, 0.2) is 9.84 Å². The van der Waals surface area contributed by atoms with E-state index in [1.165, 1.54) is 16.4 Å². The van der Waals surface area contributed by atoms with Gasteiger partial charge in [-0.2, -0.15) is 4.31 Å². The smallest absolute Gasteiger partial charge is 0.243 e. The lowest BCUT2D eigenvalue weighted by Crippen LogP contribution is -2.47. The van der Waals surface area contributed by atoms with Crippen molar-refractivity contribution in [3.63, 3.8) is 0 Å². The van der Waals surface area contributed by atoms with Crippen LogP contribution in [-0.2, 0) is 24.6 Å². The first-order valence-electron chi connectivity index (χ1n) is 14.2. The highest BCUT2D eigenvalue weighted by atomic mass is 32.2. The van der Waals surface area contributed by atoms with E-state index in [1.807, 2.05) is 18.2 Å². The Hall–Kier alpha value is -2.91. The summed E-state index contributed by atoms with van der Waals surface area (Å²) < 4.78 is 64.3. The van der Waals surface area contributed by atoms with Crippen LogP contribution in [0.2, 0.25) is 0 Å². The average Bonchev–Trinajstić information content (AvgIpc) is 3.41. The Kier molecular flexibility index (Phi) is 9.81. The average molecular weight is 632 g/mol. The van der Waals surface area contributed by atoms with E-state index in [1.54, 1.807) is 42.6 Å². The van der Waals surface area contributed by atoms with E-state index in [0.29, 0.717) is 44.7 Å². The molecule has 2 aromatic carbocycles. The van der Waals surface area contributed by atoms with Crippen LogP contribution >= 0.6 is 0 Å². The van der Waals surface area contributed by atoms with Gasteiger partial charge in [-0.1, -0.05) is 24.3 Å². The zero-order valence-corrected chi connectivity index (χ0v) is 25.3. The number of sulfone groups is 1. The summed E-state index contributed by atoms with van der Waals surface area (Å²) in [6.07, 6.45) is 2.73. The van der Waals surface area contributed by atoms with Crippen LogP contribution < -0.4 is 10.1 Å². The summed E-state index contributed by atoms with van der Waals surface area (Å²) in [6.45, 7) is 0.928. The van der Waals surface area contributed by atoms with E-state index in [4.69, 9.17) is 14.6 Å². The van der Waals surface area contributed by atoms with Crippen LogP contribution in [0.4, 0.5) is 0 Å². The Labute approximate surface area is 252 Å². The van der Waals surface area contributed by atoms with Gasteiger partial charge in [-0.3, -0.25) is 4.98 Å². The fourth-order valence-corrected chi connectivity index (χ4v) is 7.99. The molecule has 2 aliphatic rings. The summed E-state index contributed by atoms with van der Waals surface area (Å²) in [5.74, 6) is -0.0600. The minimum Gasteiger partial charge on any atom is -0.491 e. The van der Waals surface area contributed by atoms with Gasteiger partial charge >= 0.3 is 0 Å². The minimum atomic E-state index is -3.64. The standard InChI is InChI=1S/C30H37N3O8S2/c34-16-17-42(36,37)28-5-3-4-26(18-28)40-22-25(35)20-32-24-19-30(41-21-24)11-14-33(15-12-30)43(38,39)27-9-7-23(8-10-27)29-6-1-2-13-31-29/h1-10,13,18,24-25,32,34-35H,11-12,14-17,19-22H2/t24-,25+/m1/s1. The van der Waals surface area contributed by atoms with Gasteiger partial charge in [-0.15, -0.1) is 0 Å². The monoisotopic (exact) mass is 631 g/mol. The van der Waals surface area contributed by atoms with Crippen molar-refractivity contribution < 1.29 is 36.5 Å². The first-order chi connectivity index (χ1) is 20.6. The van der Waals surface area contributed by atoms with Gasteiger partial charge in [0.25, 0.3) is 0 Å². The Bertz CT molecular complexity index is 1580. The zero-order chi connectivity index (χ0) is 30.5. The normalized spacial score (nSPS) is 19.8. The molecule has 3 heterocycles. The third kappa shape index (κ3) is 7.60. The van der Waals surface area contributed by atoms with Crippen molar-refractivity contribution >= 4 is 19.9 Å². The first kappa shape index (κ1) is 31.5. The molecule has 0 aliphatic carbocycles. The lowest BCUT2D eigenvalue weighted by Gasteiger charge is -2.38. The van der Waals surface area contributed by atoms with Crippen molar-refractivity contribution in [2.45, 2.75) is 46.8 Å². The predicted octanol–water partition coefficient (Wildman–Crippen LogP) is 1.86. The van der Waals surface area contributed by atoms with Crippen LogP contribution in [0.3, 0.4) is 0 Å². The molecule has 0 unspecified atom stereocenters. The number of sulfonamides is 1. The minimum absolute atomic E-state index is 0.00361. The van der Waals surface area contributed by atoms with E-state index in [-0.39, 0.29) is 34.7 Å². The molecule has 5 rings (SSSR count). The van der Waals surface area contributed by atoms with Crippen LogP contribution in [0.5, 0.6) is 5.75 Å².